The van der Waals surface area contributed by atoms with Gasteiger partial charge in [0.05, 0.1) is 6.21 Å². The van der Waals surface area contributed by atoms with E-state index in [9.17, 15) is 4.79 Å². The zero-order chi connectivity index (χ0) is 17.5. The van der Waals surface area contributed by atoms with Gasteiger partial charge in [-0.15, -0.1) is 11.8 Å². The van der Waals surface area contributed by atoms with Crippen molar-refractivity contribution in [2.75, 3.05) is 6.26 Å². The summed E-state index contributed by atoms with van der Waals surface area (Å²) >= 11 is 1.69. The van der Waals surface area contributed by atoms with Crippen molar-refractivity contribution in [2.24, 2.45) is 5.10 Å². The Hall–Kier alpha value is -2.85. The molecule has 0 saturated heterocycles. The molecule has 1 N–H and O–H groups in total. The van der Waals surface area contributed by atoms with Crippen LogP contribution in [-0.4, -0.2) is 18.4 Å². The van der Waals surface area contributed by atoms with Crippen LogP contribution < -0.4 is 5.43 Å². The van der Waals surface area contributed by atoms with Crippen molar-refractivity contribution in [1.82, 2.24) is 5.43 Å². The minimum Gasteiger partial charge on any atom is -0.267 e. The Balaban J connectivity index is 1.62. The van der Waals surface area contributed by atoms with E-state index in [0.29, 0.717) is 5.56 Å². The van der Waals surface area contributed by atoms with Gasteiger partial charge < -0.3 is 0 Å². The molecule has 0 atom stereocenters. The van der Waals surface area contributed by atoms with Gasteiger partial charge >= 0.3 is 0 Å². The molecular formula is C21H18N2OS. The Kier molecular flexibility index (Phi) is 5.65. The van der Waals surface area contributed by atoms with Crippen LogP contribution in [0.15, 0.2) is 88.9 Å². The van der Waals surface area contributed by atoms with Crippen molar-refractivity contribution in [3.05, 3.63) is 90.0 Å². The molecule has 0 aliphatic carbocycles. The normalized spacial score (nSPS) is 10.8. The van der Waals surface area contributed by atoms with Crippen LogP contribution in [0.5, 0.6) is 0 Å². The lowest BCUT2D eigenvalue weighted by Crippen LogP contribution is -2.17. The summed E-state index contributed by atoms with van der Waals surface area (Å²) in [5.41, 5.74) is 6.29. The SMILES string of the molecule is CSc1ccc(/C=N\NC(=O)c2ccc(-c3ccccc3)cc2)cc1. The van der Waals surface area contributed by atoms with E-state index in [1.807, 2.05) is 73.0 Å². The molecule has 25 heavy (non-hydrogen) atoms. The first-order valence-electron chi connectivity index (χ1n) is 7.89. The van der Waals surface area contributed by atoms with Crippen LogP contribution in [0.1, 0.15) is 15.9 Å². The highest BCUT2D eigenvalue weighted by Gasteiger charge is 2.04. The third kappa shape index (κ3) is 4.58. The summed E-state index contributed by atoms with van der Waals surface area (Å²) < 4.78 is 0. The van der Waals surface area contributed by atoms with E-state index in [1.54, 1.807) is 30.1 Å². The van der Waals surface area contributed by atoms with E-state index in [4.69, 9.17) is 0 Å². The van der Waals surface area contributed by atoms with Crippen LogP contribution >= 0.6 is 11.8 Å². The molecule has 0 heterocycles. The second kappa shape index (κ2) is 8.31. The molecule has 0 unspecified atom stereocenters. The quantitative estimate of drug-likeness (QED) is 0.408. The van der Waals surface area contributed by atoms with E-state index in [0.717, 1.165) is 16.7 Å². The van der Waals surface area contributed by atoms with Crippen molar-refractivity contribution in [3.8, 4) is 11.1 Å². The van der Waals surface area contributed by atoms with Crippen LogP contribution in [0.2, 0.25) is 0 Å². The predicted molar refractivity (Wildman–Crippen MR) is 105 cm³/mol. The number of carbonyl (C=O) groups excluding carboxylic acids is 1. The maximum absolute atomic E-state index is 12.2. The van der Waals surface area contributed by atoms with Crippen LogP contribution in [0, 0.1) is 0 Å². The largest absolute Gasteiger partial charge is 0.271 e. The Morgan fingerprint density at radius 2 is 1.52 bits per heavy atom. The van der Waals surface area contributed by atoms with Crippen molar-refractivity contribution < 1.29 is 4.79 Å². The van der Waals surface area contributed by atoms with Crippen molar-refractivity contribution in [1.29, 1.82) is 0 Å². The minimum absolute atomic E-state index is 0.225. The fourth-order valence-electron chi connectivity index (χ4n) is 2.36. The third-order valence-corrected chi connectivity index (χ3v) is 4.49. The van der Waals surface area contributed by atoms with Gasteiger partial charge in [0.2, 0.25) is 0 Å². The molecule has 0 aromatic heterocycles. The number of amides is 1. The first-order valence-corrected chi connectivity index (χ1v) is 9.12. The van der Waals surface area contributed by atoms with Gasteiger partial charge in [-0.05, 0) is 47.2 Å². The second-order valence-electron chi connectivity index (χ2n) is 5.42. The van der Waals surface area contributed by atoms with E-state index >= 15 is 0 Å². The maximum Gasteiger partial charge on any atom is 0.271 e. The number of hydrogen-bond donors (Lipinski definition) is 1. The van der Waals surface area contributed by atoms with Gasteiger partial charge in [0.15, 0.2) is 0 Å². The predicted octanol–water partition coefficient (Wildman–Crippen LogP) is 4.84. The molecule has 0 spiro atoms. The highest BCUT2D eigenvalue weighted by atomic mass is 32.2. The van der Waals surface area contributed by atoms with Crippen LogP contribution in [0.4, 0.5) is 0 Å². The highest BCUT2D eigenvalue weighted by molar-refractivity contribution is 7.98. The number of hydrogen-bond acceptors (Lipinski definition) is 3. The Bertz CT molecular complexity index is 857. The molecule has 3 aromatic carbocycles. The van der Waals surface area contributed by atoms with E-state index in [-0.39, 0.29) is 5.91 Å². The molecule has 0 aliphatic heterocycles. The van der Waals surface area contributed by atoms with E-state index < -0.39 is 0 Å². The number of hydrazone groups is 1. The number of rotatable bonds is 5. The molecule has 4 heteroatoms. The van der Waals surface area contributed by atoms with Gasteiger partial charge in [-0.3, -0.25) is 4.79 Å². The van der Waals surface area contributed by atoms with Gasteiger partial charge in [0.1, 0.15) is 0 Å². The lowest BCUT2D eigenvalue weighted by Gasteiger charge is -2.03. The second-order valence-corrected chi connectivity index (χ2v) is 6.30. The monoisotopic (exact) mass is 346 g/mol. The van der Waals surface area contributed by atoms with Crippen molar-refractivity contribution in [2.45, 2.75) is 4.90 Å². The van der Waals surface area contributed by atoms with Crippen LogP contribution in [-0.2, 0) is 0 Å². The first-order chi connectivity index (χ1) is 12.3. The topological polar surface area (TPSA) is 41.5 Å². The number of carbonyl (C=O) groups is 1. The lowest BCUT2D eigenvalue weighted by atomic mass is 10.0. The smallest absolute Gasteiger partial charge is 0.267 e. The third-order valence-electron chi connectivity index (χ3n) is 3.75. The fourth-order valence-corrected chi connectivity index (χ4v) is 2.77. The zero-order valence-electron chi connectivity index (χ0n) is 13.8. The number of nitrogens with zero attached hydrogens (tertiary/aromatic N) is 1. The molecule has 3 rings (SSSR count). The van der Waals surface area contributed by atoms with Gasteiger partial charge in [-0.1, -0.05) is 54.6 Å². The molecule has 124 valence electrons. The highest BCUT2D eigenvalue weighted by Crippen LogP contribution is 2.19. The summed E-state index contributed by atoms with van der Waals surface area (Å²) in [6.07, 6.45) is 3.67. The average molecular weight is 346 g/mol. The molecule has 0 bridgehead atoms. The van der Waals surface area contributed by atoms with Crippen LogP contribution in [0.25, 0.3) is 11.1 Å². The van der Waals surface area contributed by atoms with Gasteiger partial charge in [-0.2, -0.15) is 5.10 Å². The number of thioether (sulfide) groups is 1. The summed E-state index contributed by atoms with van der Waals surface area (Å²) in [7, 11) is 0. The number of nitrogens with one attached hydrogen (secondary N) is 1. The fraction of sp³-hybridized carbons (Fsp3) is 0.0476. The molecule has 3 aromatic rings. The Labute approximate surface area is 151 Å². The lowest BCUT2D eigenvalue weighted by molar-refractivity contribution is 0.0955. The molecule has 3 nitrogen and oxygen atoms in total. The Morgan fingerprint density at radius 3 is 2.16 bits per heavy atom. The standard InChI is InChI=1S/C21H18N2OS/c1-25-20-13-7-16(8-14-20)15-22-23-21(24)19-11-9-18(10-12-19)17-5-3-2-4-6-17/h2-15H,1H3,(H,23,24)/b22-15-. The van der Waals surface area contributed by atoms with E-state index in [1.165, 1.54) is 4.90 Å². The zero-order valence-corrected chi connectivity index (χ0v) is 14.7. The molecule has 1 amide bonds. The summed E-state index contributed by atoms with van der Waals surface area (Å²) in [6.45, 7) is 0. The summed E-state index contributed by atoms with van der Waals surface area (Å²) in [5, 5.41) is 4.02. The number of benzene rings is 3. The first kappa shape index (κ1) is 17.0. The van der Waals surface area contributed by atoms with E-state index in [2.05, 4.69) is 10.5 Å². The Morgan fingerprint density at radius 1 is 0.880 bits per heavy atom. The van der Waals surface area contributed by atoms with Crippen LogP contribution in [0.3, 0.4) is 0 Å². The maximum atomic E-state index is 12.2. The minimum atomic E-state index is -0.225. The van der Waals surface area contributed by atoms with Crippen molar-refractivity contribution >= 4 is 23.9 Å². The summed E-state index contributed by atoms with van der Waals surface area (Å²) in [6, 6.07) is 25.5. The molecule has 0 saturated carbocycles. The average Bonchev–Trinajstić information content (AvgIpc) is 2.69. The van der Waals surface area contributed by atoms with Gasteiger partial charge in [-0.25, -0.2) is 5.43 Å². The molecule has 0 radical (unpaired) electrons. The van der Waals surface area contributed by atoms with Crippen molar-refractivity contribution in [3.63, 3.8) is 0 Å². The summed E-state index contributed by atoms with van der Waals surface area (Å²) in [4.78, 5) is 13.3. The molecule has 0 fully saturated rings. The molecule has 0 aliphatic rings. The van der Waals surface area contributed by atoms with Gasteiger partial charge in [0.25, 0.3) is 5.91 Å². The summed E-state index contributed by atoms with van der Waals surface area (Å²) in [5.74, 6) is -0.225. The van der Waals surface area contributed by atoms with Gasteiger partial charge in [0, 0.05) is 10.5 Å². The molecular weight excluding hydrogens is 328 g/mol.